The summed E-state index contributed by atoms with van der Waals surface area (Å²) in [6.45, 7) is 6.52. The fourth-order valence-electron chi connectivity index (χ4n) is 1.78. The largest absolute Gasteiger partial charge is 0.383 e. The Labute approximate surface area is 131 Å². The maximum absolute atomic E-state index is 10.5. The topological polar surface area (TPSA) is 20.2 Å². The summed E-state index contributed by atoms with van der Waals surface area (Å²) in [5, 5.41) is 11.1. The van der Waals surface area contributed by atoms with Gasteiger partial charge in [-0.15, -0.1) is 11.3 Å². The predicted octanol–water partition coefficient (Wildman–Crippen LogP) is 5.54. The standard InChI is InChI=1S/C15H16BrClOS/c1-15(2,3)13-7-6-12(19-13)14(18)10-5-4-9(17)8-11(10)16/h4-8,14,18H,1-3H3. The van der Waals surface area contributed by atoms with Gasteiger partial charge in [-0.2, -0.15) is 0 Å². The molecule has 1 heterocycles. The molecular formula is C15H16BrClOS. The van der Waals surface area contributed by atoms with Crippen LogP contribution in [0.1, 0.15) is 42.2 Å². The minimum atomic E-state index is -0.618. The molecule has 2 rings (SSSR count). The van der Waals surface area contributed by atoms with E-state index in [9.17, 15) is 5.11 Å². The van der Waals surface area contributed by atoms with Gasteiger partial charge >= 0.3 is 0 Å². The van der Waals surface area contributed by atoms with E-state index in [1.54, 1.807) is 23.5 Å². The van der Waals surface area contributed by atoms with Gasteiger partial charge in [0.1, 0.15) is 6.10 Å². The number of benzene rings is 1. The highest BCUT2D eigenvalue weighted by Gasteiger charge is 2.20. The molecule has 0 aliphatic heterocycles. The second kappa shape index (κ2) is 5.57. The Kier molecular flexibility index (Phi) is 4.41. The lowest BCUT2D eigenvalue weighted by Crippen LogP contribution is -2.07. The van der Waals surface area contributed by atoms with E-state index >= 15 is 0 Å². The van der Waals surface area contributed by atoms with Gasteiger partial charge in [0.2, 0.25) is 0 Å². The molecule has 2 aromatic rings. The predicted molar refractivity (Wildman–Crippen MR) is 86.2 cm³/mol. The highest BCUT2D eigenvalue weighted by atomic mass is 79.9. The fraction of sp³-hybridized carbons (Fsp3) is 0.333. The van der Waals surface area contributed by atoms with Crippen LogP contribution >= 0.6 is 38.9 Å². The summed E-state index contributed by atoms with van der Waals surface area (Å²) in [6.07, 6.45) is -0.618. The van der Waals surface area contributed by atoms with E-state index in [1.807, 2.05) is 12.1 Å². The molecule has 0 aliphatic rings. The second-order valence-electron chi connectivity index (χ2n) is 5.52. The van der Waals surface area contributed by atoms with Crippen LogP contribution in [0.5, 0.6) is 0 Å². The molecule has 4 heteroatoms. The smallest absolute Gasteiger partial charge is 0.114 e. The SMILES string of the molecule is CC(C)(C)c1ccc(C(O)c2ccc(Cl)cc2Br)s1. The van der Waals surface area contributed by atoms with Crippen molar-refractivity contribution >= 4 is 38.9 Å². The van der Waals surface area contributed by atoms with Crippen LogP contribution in [0, 0.1) is 0 Å². The van der Waals surface area contributed by atoms with E-state index < -0.39 is 6.10 Å². The van der Waals surface area contributed by atoms with Crippen molar-refractivity contribution in [2.75, 3.05) is 0 Å². The number of aliphatic hydroxyl groups excluding tert-OH is 1. The monoisotopic (exact) mass is 358 g/mol. The Morgan fingerprint density at radius 2 is 1.89 bits per heavy atom. The number of hydrogen-bond donors (Lipinski definition) is 1. The van der Waals surface area contributed by atoms with Crippen LogP contribution in [-0.2, 0) is 5.41 Å². The molecule has 0 fully saturated rings. The summed E-state index contributed by atoms with van der Waals surface area (Å²) in [7, 11) is 0. The van der Waals surface area contributed by atoms with Crippen molar-refractivity contribution < 1.29 is 5.11 Å². The highest BCUT2D eigenvalue weighted by molar-refractivity contribution is 9.10. The average molecular weight is 360 g/mol. The fourth-order valence-corrected chi connectivity index (χ4v) is 3.75. The summed E-state index contributed by atoms with van der Waals surface area (Å²) in [4.78, 5) is 2.22. The van der Waals surface area contributed by atoms with Gasteiger partial charge in [0.25, 0.3) is 0 Å². The zero-order valence-corrected chi connectivity index (χ0v) is 14.2. The first kappa shape index (κ1) is 15.0. The lowest BCUT2D eigenvalue weighted by atomic mass is 9.95. The van der Waals surface area contributed by atoms with Gasteiger partial charge in [0.05, 0.1) is 0 Å². The van der Waals surface area contributed by atoms with Crippen molar-refractivity contribution in [2.24, 2.45) is 0 Å². The Balaban J connectivity index is 2.34. The maximum atomic E-state index is 10.5. The van der Waals surface area contributed by atoms with Crippen molar-refractivity contribution in [1.29, 1.82) is 0 Å². The van der Waals surface area contributed by atoms with Crippen LogP contribution in [0.3, 0.4) is 0 Å². The maximum Gasteiger partial charge on any atom is 0.114 e. The van der Waals surface area contributed by atoms with Gasteiger partial charge < -0.3 is 5.11 Å². The van der Waals surface area contributed by atoms with Crippen LogP contribution in [0.2, 0.25) is 5.02 Å². The van der Waals surface area contributed by atoms with Crippen molar-refractivity contribution in [3.8, 4) is 0 Å². The van der Waals surface area contributed by atoms with Crippen molar-refractivity contribution in [3.63, 3.8) is 0 Å². The van der Waals surface area contributed by atoms with Crippen LogP contribution < -0.4 is 0 Å². The first-order valence-electron chi connectivity index (χ1n) is 6.02. The van der Waals surface area contributed by atoms with Gasteiger partial charge in [0, 0.05) is 24.8 Å². The van der Waals surface area contributed by atoms with E-state index in [2.05, 4.69) is 42.8 Å². The number of hydrogen-bond acceptors (Lipinski definition) is 2. The zero-order chi connectivity index (χ0) is 14.2. The molecule has 1 N–H and O–H groups in total. The number of aliphatic hydroxyl groups is 1. The van der Waals surface area contributed by atoms with E-state index in [-0.39, 0.29) is 5.41 Å². The molecule has 102 valence electrons. The third kappa shape index (κ3) is 3.40. The molecule has 1 aromatic carbocycles. The van der Waals surface area contributed by atoms with Gasteiger partial charge in [0.15, 0.2) is 0 Å². The Morgan fingerprint density at radius 1 is 1.21 bits per heavy atom. The third-order valence-corrected chi connectivity index (χ3v) is 5.38. The van der Waals surface area contributed by atoms with Crippen LogP contribution in [0.25, 0.3) is 0 Å². The molecule has 19 heavy (non-hydrogen) atoms. The average Bonchev–Trinajstić information content (AvgIpc) is 2.76. The lowest BCUT2D eigenvalue weighted by molar-refractivity contribution is 0.223. The molecule has 0 radical (unpaired) electrons. The van der Waals surface area contributed by atoms with Gasteiger partial charge in [-0.25, -0.2) is 0 Å². The zero-order valence-electron chi connectivity index (χ0n) is 11.1. The molecule has 0 aliphatic carbocycles. The van der Waals surface area contributed by atoms with Crippen molar-refractivity contribution in [1.82, 2.24) is 0 Å². The molecule has 1 unspecified atom stereocenters. The van der Waals surface area contributed by atoms with E-state index in [4.69, 9.17) is 11.6 Å². The summed E-state index contributed by atoms with van der Waals surface area (Å²) >= 11 is 11.0. The van der Waals surface area contributed by atoms with Gasteiger partial charge in [-0.3, -0.25) is 0 Å². The molecule has 1 aromatic heterocycles. The Morgan fingerprint density at radius 3 is 2.42 bits per heavy atom. The summed E-state index contributed by atoms with van der Waals surface area (Å²) in [6, 6.07) is 9.54. The molecule has 0 bridgehead atoms. The molecule has 0 spiro atoms. The summed E-state index contributed by atoms with van der Waals surface area (Å²) in [5.74, 6) is 0. The second-order valence-corrected chi connectivity index (χ2v) is 7.93. The Hall–Kier alpha value is -0.350. The number of halogens is 2. The number of rotatable bonds is 2. The quantitative estimate of drug-likeness (QED) is 0.746. The third-order valence-electron chi connectivity index (χ3n) is 2.89. The minimum absolute atomic E-state index is 0.111. The van der Waals surface area contributed by atoms with E-state index in [0.717, 1.165) is 14.9 Å². The molecular weight excluding hydrogens is 344 g/mol. The van der Waals surface area contributed by atoms with Crippen molar-refractivity contribution in [2.45, 2.75) is 32.3 Å². The minimum Gasteiger partial charge on any atom is -0.383 e. The molecule has 0 saturated heterocycles. The normalized spacial score (nSPS) is 13.6. The van der Waals surface area contributed by atoms with Crippen molar-refractivity contribution in [3.05, 3.63) is 55.1 Å². The molecule has 0 saturated carbocycles. The van der Waals surface area contributed by atoms with E-state index in [0.29, 0.717) is 5.02 Å². The Bertz CT molecular complexity index is 586. The molecule has 1 nitrogen and oxygen atoms in total. The number of thiophene rings is 1. The van der Waals surface area contributed by atoms with Gasteiger partial charge in [-0.1, -0.05) is 54.4 Å². The van der Waals surface area contributed by atoms with Crippen LogP contribution in [-0.4, -0.2) is 5.11 Å². The van der Waals surface area contributed by atoms with Gasteiger partial charge in [-0.05, 0) is 29.7 Å². The first-order valence-corrected chi connectivity index (χ1v) is 8.01. The summed E-state index contributed by atoms with van der Waals surface area (Å²) < 4.78 is 0.832. The summed E-state index contributed by atoms with van der Waals surface area (Å²) in [5.41, 5.74) is 0.951. The molecule has 1 atom stereocenters. The molecule has 0 amide bonds. The lowest BCUT2D eigenvalue weighted by Gasteiger charge is -2.16. The van der Waals surface area contributed by atoms with Crippen LogP contribution in [0.4, 0.5) is 0 Å². The highest BCUT2D eigenvalue weighted by Crippen LogP contribution is 2.37. The van der Waals surface area contributed by atoms with Crippen LogP contribution in [0.15, 0.2) is 34.8 Å². The van der Waals surface area contributed by atoms with E-state index in [1.165, 1.54) is 4.88 Å². The first-order chi connectivity index (χ1) is 8.79.